The summed E-state index contributed by atoms with van der Waals surface area (Å²) in [5.41, 5.74) is 1.03. The van der Waals surface area contributed by atoms with Crippen LogP contribution in [0.4, 0.5) is 0 Å². The Hall–Kier alpha value is -1.78. The third-order valence-corrected chi connectivity index (χ3v) is 3.12. The number of hydrogen-bond acceptors (Lipinski definition) is 4. The number of aromatic nitrogens is 1. The monoisotopic (exact) mass is 251 g/mol. The van der Waals surface area contributed by atoms with E-state index in [1.807, 2.05) is 6.92 Å². The Kier molecular flexibility index (Phi) is 3.69. The van der Waals surface area contributed by atoms with Crippen LogP contribution in [0.1, 0.15) is 35.8 Å². The van der Waals surface area contributed by atoms with Crippen molar-refractivity contribution < 1.29 is 14.3 Å². The minimum absolute atomic E-state index is 0.110. The third kappa shape index (κ3) is 2.12. The fourth-order valence-corrected chi connectivity index (χ4v) is 2.33. The molecule has 1 aromatic heterocycles. The van der Waals surface area contributed by atoms with E-state index in [1.54, 1.807) is 4.57 Å². The first kappa shape index (κ1) is 12.7. The van der Waals surface area contributed by atoms with Gasteiger partial charge in [0.05, 0.1) is 13.7 Å². The lowest BCUT2D eigenvalue weighted by Gasteiger charge is -2.22. The summed E-state index contributed by atoms with van der Waals surface area (Å²) in [5, 5.41) is 0. The lowest BCUT2D eigenvalue weighted by atomic mass is 10.0. The molecular formula is C13H17NO4. The van der Waals surface area contributed by atoms with Gasteiger partial charge in [0.25, 0.3) is 5.56 Å². The van der Waals surface area contributed by atoms with Crippen LogP contribution < -0.4 is 10.3 Å². The number of nitrogens with zero attached hydrogens (tertiary/aromatic N) is 1. The summed E-state index contributed by atoms with van der Waals surface area (Å²) < 4.78 is 11.8. The van der Waals surface area contributed by atoms with Crippen molar-refractivity contribution in [3.05, 3.63) is 27.7 Å². The molecule has 1 aromatic rings. The predicted octanol–water partition coefficient (Wildman–Crippen LogP) is 1.37. The van der Waals surface area contributed by atoms with Crippen LogP contribution in [0.25, 0.3) is 0 Å². The molecule has 0 unspecified atom stereocenters. The van der Waals surface area contributed by atoms with Gasteiger partial charge in [0.2, 0.25) is 0 Å². The molecule has 0 saturated heterocycles. The lowest BCUT2D eigenvalue weighted by molar-refractivity contribution is 0.0592. The molecule has 1 aliphatic heterocycles. The molecule has 0 aromatic carbocycles. The molecule has 0 bridgehead atoms. The maximum absolute atomic E-state index is 12.0. The molecule has 18 heavy (non-hydrogen) atoms. The van der Waals surface area contributed by atoms with Gasteiger partial charge in [-0.3, -0.25) is 4.79 Å². The van der Waals surface area contributed by atoms with E-state index >= 15 is 0 Å². The highest BCUT2D eigenvalue weighted by Crippen LogP contribution is 2.25. The molecule has 0 atom stereocenters. The minimum atomic E-state index is -0.441. The average molecular weight is 251 g/mol. The zero-order chi connectivity index (χ0) is 13.1. The van der Waals surface area contributed by atoms with Crippen LogP contribution in [0.3, 0.4) is 0 Å². The van der Waals surface area contributed by atoms with Crippen LogP contribution in [-0.4, -0.2) is 24.3 Å². The second kappa shape index (κ2) is 5.25. The van der Waals surface area contributed by atoms with Crippen molar-refractivity contribution in [1.29, 1.82) is 0 Å². The van der Waals surface area contributed by atoms with Crippen molar-refractivity contribution in [2.75, 3.05) is 13.7 Å². The Morgan fingerprint density at radius 1 is 1.44 bits per heavy atom. The highest BCUT2D eigenvalue weighted by Gasteiger charge is 2.24. The molecule has 1 aliphatic rings. The van der Waals surface area contributed by atoms with E-state index in [1.165, 1.54) is 13.2 Å². The van der Waals surface area contributed by atoms with Crippen LogP contribution >= 0.6 is 0 Å². The molecular weight excluding hydrogens is 234 g/mol. The molecule has 5 nitrogen and oxygen atoms in total. The van der Waals surface area contributed by atoms with E-state index in [2.05, 4.69) is 0 Å². The van der Waals surface area contributed by atoms with E-state index in [-0.39, 0.29) is 5.56 Å². The molecule has 0 aliphatic carbocycles. The number of carbonyl (C=O) groups is 1. The van der Waals surface area contributed by atoms with Crippen LogP contribution in [0.15, 0.2) is 10.9 Å². The molecule has 0 amide bonds. The molecule has 0 N–H and O–H groups in total. The molecule has 5 heteroatoms. The number of hydrogen-bond donors (Lipinski definition) is 0. The zero-order valence-electron chi connectivity index (χ0n) is 10.7. The summed E-state index contributed by atoms with van der Waals surface area (Å²) in [7, 11) is 1.34. The highest BCUT2D eigenvalue weighted by atomic mass is 16.5. The summed E-state index contributed by atoms with van der Waals surface area (Å²) in [6.45, 7) is 2.88. The topological polar surface area (TPSA) is 57.5 Å². The van der Waals surface area contributed by atoms with Crippen LogP contribution in [0.2, 0.25) is 0 Å². The maximum atomic E-state index is 12.0. The first-order chi connectivity index (χ1) is 8.69. The number of esters is 1. The van der Waals surface area contributed by atoms with Crippen LogP contribution in [-0.2, 0) is 17.7 Å². The Labute approximate surface area is 105 Å². The van der Waals surface area contributed by atoms with E-state index in [0.29, 0.717) is 30.9 Å². The molecule has 0 spiro atoms. The Morgan fingerprint density at radius 2 is 2.22 bits per heavy atom. The average Bonchev–Trinajstić information content (AvgIpc) is 2.39. The van der Waals surface area contributed by atoms with Crippen LogP contribution in [0, 0.1) is 0 Å². The van der Waals surface area contributed by atoms with Gasteiger partial charge < -0.3 is 14.0 Å². The summed E-state index contributed by atoms with van der Waals surface area (Å²) in [5.74, 6) is -0.105. The fourth-order valence-electron chi connectivity index (χ4n) is 2.33. The van der Waals surface area contributed by atoms with Gasteiger partial charge in [-0.25, -0.2) is 4.79 Å². The maximum Gasteiger partial charge on any atom is 0.343 e. The smallest absolute Gasteiger partial charge is 0.343 e. The van der Waals surface area contributed by atoms with Gasteiger partial charge in [-0.2, -0.15) is 0 Å². The van der Waals surface area contributed by atoms with E-state index in [4.69, 9.17) is 9.47 Å². The third-order valence-electron chi connectivity index (χ3n) is 3.12. The first-order valence-corrected chi connectivity index (χ1v) is 6.16. The van der Waals surface area contributed by atoms with E-state index in [0.717, 1.165) is 18.5 Å². The quantitative estimate of drug-likeness (QED) is 0.761. The van der Waals surface area contributed by atoms with E-state index < -0.39 is 5.97 Å². The standard InChI is InChI=1S/C13H17NO4/c1-3-18-10-8-11(15)14-7-5-4-6-9(14)12(10)13(16)17-2/h8H,3-7H2,1-2H3. The number of ether oxygens (including phenoxy) is 2. The fraction of sp³-hybridized carbons (Fsp3) is 0.538. The van der Waals surface area contributed by atoms with Crippen molar-refractivity contribution in [2.24, 2.45) is 0 Å². The lowest BCUT2D eigenvalue weighted by Crippen LogP contribution is -2.29. The number of methoxy groups -OCH3 is 1. The Morgan fingerprint density at radius 3 is 2.89 bits per heavy atom. The zero-order valence-corrected chi connectivity index (χ0v) is 10.7. The van der Waals surface area contributed by atoms with Crippen molar-refractivity contribution >= 4 is 5.97 Å². The van der Waals surface area contributed by atoms with Gasteiger partial charge in [-0.15, -0.1) is 0 Å². The normalized spacial score (nSPS) is 13.9. The van der Waals surface area contributed by atoms with E-state index in [9.17, 15) is 9.59 Å². The summed E-state index contributed by atoms with van der Waals surface area (Å²) in [6.07, 6.45) is 2.64. The van der Waals surface area contributed by atoms with Crippen LogP contribution in [0.5, 0.6) is 5.75 Å². The minimum Gasteiger partial charge on any atom is -0.493 e. The number of pyridine rings is 1. The van der Waals surface area contributed by atoms with Gasteiger partial charge in [-0.1, -0.05) is 0 Å². The molecule has 2 heterocycles. The second-order valence-electron chi connectivity index (χ2n) is 4.20. The molecule has 98 valence electrons. The van der Waals surface area contributed by atoms with Gasteiger partial charge >= 0.3 is 5.97 Å². The van der Waals surface area contributed by atoms with Gasteiger partial charge in [-0.05, 0) is 26.2 Å². The number of rotatable bonds is 3. The van der Waals surface area contributed by atoms with Crippen molar-refractivity contribution in [2.45, 2.75) is 32.7 Å². The highest BCUT2D eigenvalue weighted by molar-refractivity contribution is 5.93. The number of carbonyl (C=O) groups excluding carboxylic acids is 1. The summed E-state index contributed by atoms with van der Waals surface area (Å²) in [6, 6.07) is 1.38. The predicted molar refractivity (Wildman–Crippen MR) is 66.1 cm³/mol. The second-order valence-corrected chi connectivity index (χ2v) is 4.20. The van der Waals surface area contributed by atoms with Gasteiger partial charge in [0.15, 0.2) is 0 Å². The summed E-state index contributed by atoms with van der Waals surface area (Å²) >= 11 is 0. The first-order valence-electron chi connectivity index (χ1n) is 6.16. The van der Waals surface area contributed by atoms with Crippen molar-refractivity contribution in [3.8, 4) is 5.75 Å². The largest absolute Gasteiger partial charge is 0.493 e. The van der Waals surface area contributed by atoms with Gasteiger partial charge in [0.1, 0.15) is 11.3 Å². The SMILES string of the molecule is CCOc1cc(=O)n2c(c1C(=O)OC)CCCC2. The summed E-state index contributed by atoms with van der Waals surface area (Å²) in [4.78, 5) is 23.8. The molecule has 0 radical (unpaired) electrons. The van der Waals surface area contributed by atoms with Crippen molar-refractivity contribution in [1.82, 2.24) is 4.57 Å². The Balaban J connectivity index is 2.64. The molecule has 0 saturated carbocycles. The van der Waals surface area contributed by atoms with Gasteiger partial charge in [0, 0.05) is 18.3 Å². The molecule has 2 rings (SSSR count). The van der Waals surface area contributed by atoms with Crippen molar-refractivity contribution in [3.63, 3.8) is 0 Å². The Bertz CT molecular complexity index is 518. The molecule has 0 fully saturated rings. The number of fused-ring (bicyclic) bond motifs is 1.